The van der Waals surface area contributed by atoms with Gasteiger partial charge in [0.15, 0.2) is 6.10 Å². The summed E-state index contributed by atoms with van der Waals surface area (Å²) in [6.45, 7) is 1.78. The van der Waals surface area contributed by atoms with Crippen LogP contribution in [-0.4, -0.2) is 22.2 Å². The average Bonchev–Trinajstić information content (AvgIpc) is 2.15. The number of carboxylic acids is 1. The Kier molecular flexibility index (Phi) is 5.83. The van der Waals surface area contributed by atoms with Crippen molar-refractivity contribution in [1.82, 2.24) is 4.98 Å². The first-order valence-electron chi connectivity index (χ1n) is 3.93. The van der Waals surface area contributed by atoms with Gasteiger partial charge in [-0.25, -0.2) is 4.79 Å². The molecule has 14 heavy (non-hydrogen) atoms. The van der Waals surface area contributed by atoms with E-state index < -0.39 is 12.1 Å². The molecule has 1 aromatic rings. The summed E-state index contributed by atoms with van der Waals surface area (Å²) < 4.78 is 5.05. The fourth-order valence-electron chi connectivity index (χ4n) is 0.776. The van der Waals surface area contributed by atoms with Crippen LogP contribution < -0.4 is 0 Å². The van der Waals surface area contributed by atoms with Crippen LogP contribution in [0.1, 0.15) is 12.5 Å². The summed E-state index contributed by atoms with van der Waals surface area (Å²) in [6, 6.07) is 3.62. The second-order valence-corrected chi connectivity index (χ2v) is 2.65. The predicted octanol–water partition coefficient (Wildman–Crippen LogP) is 1.49. The Labute approximate surface area is 88.3 Å². The third kappa shape index (κ3) is 4.20. The molecule has 78 valence electrons. The molecule has 0 aliphatic carbocycles. The first-order valence-corrected chi connectivity index (χ1v) is 3.93. The van der Waals surface area contributed by atoms with Crippen LogP contribution in [0.3, 0.4) is 0 Å². The number of nitrogens with zero attached hydrogens (tertiary/aromatic N) is 1. The van der Waals surface area contributed by atoms with Crippen LogP contribution in [0.15, 0.2) is 24.5 Å². The molecule has 0 saturated heterocycles. The highest BCUT2D eigenvalue weighted by atomic mass is 35.5. The maximum Gasteiger partial charge on any atom is 0.332 e. The Hall–Kier alpha value is -1.13. The van der Waals surface area contributed by atoms with E-state index in [1.54, 1.807) is 18.5 Å². The smallest absolute Gasteiger partial charge is 0.332 e. The second kappa shape index (κ2) is 6.34. The van der Waals surface area contributed by atoms with Crippen molar-refractivity contribution in [3.8, 4) is 0 Å². The zero-order chi connectivity index (χ0) is 9.68. The van der Waals surface area contributed by atoms with Crippen molar-refractivity contribution in [3.05, 3.63) is 30.1 Å². The maximum atomic E-state index is 10.4. The number of halogens is 1. The molecular weight excluding hydrogens is 206 g/mol. The van der Waals surface area contributed by atoms with Gasteiger partial charge in [0, 0.05) is 12.4 Å². The first-order chi connectivity index (χ1) is 6.20. The zero-order valence-electron chi connectivity index (χ0n) is 7.71. The van der Waals surface area contributed by atoms with E-state index in [0.29, 0.717) is 0 Å². The van der Waals surface area contributed by atoms with Crippen LogP contribution in [0.25, 0.3) is 0 Å². The molecule has 4 nitrogen and oxygen atoms in total. The van der Waals surface area contributed by atoms with Gasteiger partial charge in [-0.15, -0.1) is 12.4 Å². The molecular formula is C9H12ClNO3. The van der Waals surface area contributed by atoms with Crippen molar-refractivity contribution >= 4 is 18.4 Å². The summed E-state index contributed by atoms with van der Waals surface area (Å²) in [4.78, 5) is 14.3. The third-order valence-electron chi connectivity index (χ3n) is 1.57. The van der Waals surface area contributed by atoms with E-state index in [2.05, 4.69) is 4.98 Å². The van der Waals surface area contributed by atoms with Crippen molar-refractivity contribution in [3.63, 3.8) is 0 Å². The molecule has 0 fully saturated rings. The standard InChI is InChI=1S/C9H11NO3.ClH/c1-7(9(11)12)13-6-8-3-2-4-10-5-8;/h2-5,7H,6H2,1H3,(H,11,12);1H. The minimum absolute atomic E-state index is 0. The van der Waals surface area contributed by atoms with Crippen LogP contribution in [0.2, 0.25) is 0 Å². The van der Waals surface area contributed by atoms with E-state index in [1.807, 2.05) is 6.07 Å². The molecule has 1 atom stereocenters. The highest BCUT2D eigenvalue weighted by Crippen LogP contribution is 2.01. The number of aliphatic carboxylic acids is 1. The lowest BCUT2D eigenvalue weighted by Gasteiger charge is -2.07. The van der Waals surface area contributed by atoms with Crippen molar-refractivity contribution in [2.24, 2.45) is 0 Å². The van der Waals surface area contributed by atoms with E-state index >= 15 is 0 Å². The molecule has 0 aromatic carbocycles. The Bertz CT molecular complexity index is 279. The van der Waals surface area contributed by atoms with Gasteiger partial charge in [0.25, 0.3) is 0 Å². The van der Waals surface area contributed by atoms with Crippen molar-refractivity contribution in [2.75, 3.05) is 0 Å². The highest BCUT2D eigenvalue weighted by Gasteiger charge is 2.10. The van der Waals surface area contributed by atoms with Crippen LogP contribution >= 0.6 is 12.4 Å². The topological polar surface area (TPSA) is 59.4 Å². The number of carbonyl (C=O) groups is 1. The quantitative estimate of drug-likeness (QED) is 0.830. The molecule has 0 spiro atoms. The molecule has 0 bridgehead atoms. The van der Waals surface area contributed by atoms with Crippen molar-refractivity contribution in [2.45, 2.75) is 19.6 Å². The average molecular weight is 218 g/mol. The second-order valence-electron chi connectivity index (χ2n) is 2.65. The number of hydrogen-bond acceptors (Lipinski definition) is 3. The van der Waals surface area contributed by atoms with Gasteiger partial charge < -0.3 is 9.84 Å². The monoisotopic (exact) mass is 217 g/mol. The molecule has 0 aliphatic rings. The number of hydrogen-bond donors (Lipinski definition) is 1. The molecule has 1 aromatic heterocycles. The molecule has 5 heteroatoms. The van der Waals surface area contributed by atoms with Crippen molar-refractivity contribution in [1.29, 1.82) is 0 Å². The van der Waals surface area contributed by atoms with Gasteiger partial charge in [-0.3, -0.25) is 4.98 Å². The van der Waals surface area contributed by atoms with Crippen molar-refractivity contribution < 1.29 is 14.6 Å². The molecule has 0 radical (unpaired) electrons. The highest BCUT2D eigenvalue weighted by molar-refractivity contribution is 5.85. The number of carboxylic acid groups (broad SMARTS) is 1. The number of ether oxygens (including phenoxy) is 1. The summed E-state index contributed by atoms with van der Waals surface area (Å²) >= 11 is 0. The molecule has 1 unspecified atom stereocenters. The predicted molar refractivity (Wildman–Crippen MR) is 53.4 cm³/mol. The fourth-order valence-corrected chi connectivity index (χ4v) is 0.776. The number of rotatable bonds is 4. The van der Waals surface area contributed by atoms with Crippen LogP contribution in [0, 0.1) is 0 Å². The molecule has 0 amide bonds. The lowest BCUT2D eigenvalue weighted by atomic mass is 10.3. The summed E-state index contributed by atoms with van der Waals surface area (Å²) in [6.07, 6.45) is 2.53. The van der Waals surface area contributed by atoms with Gasteiger partial charge in [0.05, 0.1) is 6.61 Å². The Morgan fingerprint density at radius 1 is 1.71 bits per heavy atom. The van der Waals surface area contributed by atoms with Crippen LogP contribution in [0.5, 0.6) is 0 Å². The molecule has 1 N–H and O–H groups in total. The summed E-state index contributed by atoms with van der Waals surface area (Å²) in [5.74, 6) is -0.955. The molecule has 0 aliphatic heterocycles. The number of aromatic nitrogens is 1. The van der Waals surface area contributed by atoms with Gasteiger partial charge in [0.1, 0.15) is 0 Å². The van der Waals surface area contributed by atoms with E-state index in [4.69, 9.17) is 9.84 Å². The SMILES string of the molecule is CC(OCc1cccnc1)C(=O)O.Cl. The van der Waals surface area contributed by atoms with Gasteiger partial charge >= 0.3 is 5.97 Å². The minimum atomic E-state index is -0.955. The fraction of sp³-hybridized carbons (Fsp3) is 0.333. The van der Waals surface area contributed by atoms with Gasteiger partial charge in [-0.1, -0.05) is 6.07 Å². The lowest BCUT2D eigenvalue weighted by molar-refractivity contribution is -0.149. The van der Waals surface area contributed by atoms with E-state index in [-0.39, 0.29) is 19.0 Å². The zero-order valence-corrected chi connectivity index (χ0v) is 8.53. The molecule has 0 saturated carbocycles. The normalized spacial score (nSPS) is 11.5. The lowest BCUT2D eigenvalue weighted by Crippen LogP contribution is -2.19. The van der Waals surface area contributed by atoms with Gasteiger partial charge in [0.2, 0.25) is 0 Å². The van der Waals surface area contributed by atoms with E-state index in [9.17, 15) is 4.79 Å². The van der Waals surface area contributed by atoms with Gasteiger partial charge in [-0.05, 0) is 18.6 Å². The third-order valence-corrected chi connectivity index (χ3v) is 1.57. The summed E-state index contributed by atoms with van der Waals surface area (Å²) in [5, 5.41) is 8.52. The van der Waals surface area contributed by atoms with Gasteiger partial charge in [-0.2, -0.15) is 0 Å². The first kappa shape index (κ1) is 12.9. The summed E-state index contributed by atoms with van der Waals surface area (Å²) in [5.41, 5.74) is 0.871. The van der Waals surface area contributed by atoms with E-state index in [1.165, 1.54) is 6.92 Å². The Balaban J connectivity index is 0.00000169. The Morgan fingerprint density at radius 3 is 2.93 bits per heavy atom. The molecule has 1 rings (SSSR count). The van der Waals surface area contributed by atoms with E-state index in [0.717, 1.165) is 5.56 Å². The van der Waals surface area contributed by atoms with Crippen LogP contribution in [0.4, 0.5) is 0 Å². The Morgan fingerprint density at radius 2 is 2.43 bits per heavy atom. The summed E-state index contributed by atoms with van der Waals surface area (Å²) in [7, 11) is 0. The molecule has 1 heterocycles. The minimum Gasteiger partial charge on any atom is -0.479 e. The van der Waals surface area contributed by atoms with Crippen LogP contribution in [-0.2, 0) is 16.1 Å². The largest absolute Gasteiger partial charge is 0.479 e. The number of pyridine rings is 1. The maximum absolute atomic E-state index is 10.4.